The highest BCUT2D eigenvalue weighted by atomic mass is 79.9. The van der Waals surface area contributed by atoms with Gasteiger partial charge in [-0.15, -0.1) is 0 Å². The number of carbonyl (C=O) groups excluding carboxylic acids is 1. The maximum Gasteiger partial charge on any atom is 0.339 e. The zero-order valence-corrected chi connectivity index (χ0v) is 11.0. The number of halogens is 1. The van der Waals surface area contributed by atoms with Crippen molar-refractivity contribution in [1.82, 2.24) is 9.55 Å². The largest absolute Gasteiger partial charge is 0.444 e. The van der Waals surface area contributed by atoms with Crippen LogP contribution in [-0.2, 0) is 16.9 Å². The average molecular weight is 305 g/mol. The summed E-state index contributed by atoms with van der Waals surface area (Å²) in [5, 5.41) is 0. The molecule has 0 fully saturated rings. The van der Waals surface area contributed by atoms with Gasteiger partial charge in [-0.2, -0.15) is 0 Å². The molecule has 18 heavy (non-hydrogen) atoms. The number of carbonyl (C=O) groups is 1. The molecule has 5 heteroatoms. The summed E-state index contributed by atoms with van der Waals surface area (Å²) in [6, 6.07) is 5.74. The predicted octanol–water partition coefficient (Wildman–Crippen LogP) is 2.46. The number of aromatic nitrogens is 2. The Morgan fingerprint density at radius 3 is 3.22 bits per heavy atom. The van der Waals surface area contributed by atoms with Crippen LogP contribution in [-0.4, -0.2) is 15.5 Å². The van der Waals surface area contributed by atoms with E-state index in [2.05, 4.69) is 20.9 Å². The van der Waals surface area contributed by atoms with Gasteiger partial charge in [0.15, 0.2) is 5.60 Å². The van der Waals surface area contributed by atoms with E-state index >= 15 is 0 Å². The summed E-state index contributed by atoms with van der Waals surface area (Å²) in [4.78, 5) is 16.2. The topological polar surface area (TPSA) is 44.1 Å². The highest BCUT2D eigenvalue weighted by Gasteiger charge is 2.51. The first-order valence-electron chi connectivity index (χ1n) is 5.75. The molecule has 1 atom stereocenters. The Morgan fingerprint density at radius 1 is 1.44 bits per heavy atom. The van der Waals surface area contributed by atoms with Crippen molar-refractivity contribution in [2.75, 3.05) is 0 Å². The maximum absolute atomic E-state index is 12.0. The molecule has 3 heterocycles. The van der Waals surface area contributed by atoms with Crippen LogP contribution in [0.1, 0.15) is 28.0 Å². The van der Waals surface area contributed by atoms with Crippen molar-refractivity contribution in [3.63, 3.8) is 0 Å². The predicted molar refractivity (Wildman–Crippen MR) is 67.2 cm³/mol. The van der Waals surface area contributed by atoms with Gasteiger partial charge in [0.2, 0.25) is 0 Å². The number of rotatable bonds is 0. The van der Waals surface area contributed by atoms with Crippen molar-refractivity contribution in [3.05, 3.63) is 52.0 Å². The molecule has 0 bridgehead atoms. The molecular formula is C13H9BrN2O2. The number of nitrogens with zero attached hydrogens (tertiary/aromatic N) is 2. The number of esters is 1. The molecule has 1 aromatic heterocycles. The zero-order chi connectivity index (χ0) is 12.3. The first kappa shape index (κ1) is 10.3. The summed E-state index contributed by atoms with van der Waals surface area (Å²) in [7, 11) is 0. The second-order valence-electron chi connectivity index (χ2n) is 4.63. The van der Waals surface area contributed by atoms with Gasteiger partial charge in [-0.3, -0.25) is 0 Å². The molecule has 1 unspecified atom stereocenters. The van der Waals surface area contributed by atoms with E-state index in [-0.39, 0.29) is 5.97 Å². The molecule has 0 N–H and O–H groups in total. The van der Waals surface area contributed by atoms with E-state index in [9.17, 15) is 4.79 Å². The Balaban J connectivity index is 2.00. The molecule has 0 aliphatic carbocycles. The smallest absolute Gasteiger partial charge is 0.339 e. The molecule has 0 saturated heterocycles. The quantitative estimate of drug-likeness (QED) is 0.702. The summed E-state index contributed by atoms with van der Waals surface area (Å²) in [5.74, 6) is -0.249. The molecule has 0 amide bonds. The van der Waals surface area contributed by atoms with E-state index in [0.717, 1.165) is 28.7 Å². The lowest BCUT2D eigenvalue weighted by atomic mass is 9.89. The second kappa shape index (κ2) is 3.23. The van der Waals surface area contributed by atoms with Gasteiger partial charge >= 0.3 is 5.97 Å². The van der Waals surface area contributed by atoms with Gasteiger partial charge in [-0.25, -0.2) is 9.78 Å². The fraction of sp³-hybridized carbons (Fsp3) is 0.231. The summed E-state index contributed by atoms with van der Waals surface area (Å²) in [6.45, 7) is 0.831. The molecule has 4 nitrogen and oxygen atoms in total. The number of imidazole rings is 1. The van der Waals surface area contributed by atoms with Crippen LogP contribution in [0.3, 0.4) is 0 Å². The first-order chi connectivity index (χ1) is 8.71. The minimum atomic E-state index is -0.621. The van der Waals surface area contributed by atoms with Crippen LogP contribution in [0, 0.1) is 0 Å². The van der Waals surface area contributed by atoms with Crippen LogP contribution in [0.15, 0.2) is 35.2 Å². The van der Waals surface area contributed by atoms with Gasteiger partial charge in [-0.05, 0) is 12.1 Å². The fourth-order valence-corrected chi connectivity index (χ4v) is 3.28. The lowest BCUT2D eigenvalue weighted by molar-refractivity contribution is 0.0114. The summed E-state index contributed by atoms with van der Waals surface area (Å²) in [5.41, 5.74) is 1.95. The number of fused-ring (bicyclic) bond motifs is 4. The average Bonchev–Trinajstić information content (AvgIpc) is 2.99. The second-order valence-corrected chi connectivity index (χ2v) is 5.54. The Labute approximate surface area is 112 Å². The van der Waals surface area contributed by atoms with Crippen LogP contribution < -0.4 is 0 Å². The molecule has 2 aliphatic rings. The van der Waals surface area contributed by atoms with Gasteiger partial charge in [0.1, 0.15) is 0 Å². The van der Waals surface area contributed by atoms with E-state index < -0.39 is 5.60 Å². The minimum Gasteiger partial charge on any atom is -0.444 e. The van der Waals surface area contributed by atoms with Crippen molar-refractivity contribution in [2.24, 2.45) is 0 Å². The SMILES string of the molecule is O=C1OC2(CCn3cncc32)c2ccc(Br)cc21. The normalized spacial score (nSPS) is 24.2. The number of hydrogen-bond donors (Lipinski definition) is 0. The highest BCUT2D eigenvalue weighted by molar-refractivity contribution is 9.10. The molecule has 2 aliphatic heterocycles. The third-order valence-corrected chi connectivity index (χ3v) is 4.23. The van der Waals surface area contributed by atoms with E-state index in [1.54, 1.807) is 12.5 Å². The molecular weight excluding hydrogens is 296 g/mol. The standard InChI is InChI=1S/C13H9BrN2O2/c14-8-1-2-10-9(5-8)12(17)18-13(10)3-4-16-7-15-6-11(13)16/h1-2,5-7H,3-4H2. The molecule has 0 radical (unpaired) electrons. The molecule has 90 valence electrons. The van der Waals surface area contributed by atoms with Gasteiger partial charge in [0.25, 0.3) is 0 Å². The summed E-state index contributed by atoms with van der Waals surface area (Å²) in [6.07, 6.45) is 4.36. The van der Waals surface area contributed by atoms with E-state index in [4.69, 9.17) is 4.74 Å². The summed E-state index contributed by atoms with van der Waals surface area (Å²) < 4.78 is 8.64. The minimum absolute atomic E-state index is 0.249. The molecule has 4 rings (SSSR count). The molecule has 0 saturated carbocycles. The Kier molecular flexibility index (Phi) is 1.85. The van der Waals surface area contributed by atoms with Gasteiger partial charge in [-0.1, -0.05) is 22.0 Å². The van der Waals surface area contributed by atoms with E-state index in [1.165, 1.54) is 0 Å². The van der Waals surface area contributed by atoms with Crippen LogP contribution in [0.5, 0.6) is 0 Å². The van der Waals surface area contributed by atoms with E-state index in [0.29, 0.717) is 5.56 Å². The van der Waals surface area contributed by atoms with Crippen LogP contribution in [0.2, 0.25) is 0 Å². The van der Waals surface area contributed by atoms with Crippen LogP contribution in [0.25, 0.3) is 0 Å². The van der Waals surface area contributed by atoms with Crippen molar-refractivity contribution >= 4 is 21.9 Å². The van der Waals surface area contributed by atoms with Crippen LogP contribution >= 0.6 is 15.9 Å². The number of aryl methyl sites for hydroxylation is 1. The fourth-order valence-electron chi connectivity index (χ4n) is 2.92. The van der Waals surface area contributed by atoms with Gasteiger partial charge in [0, 0.05) is 23.0 Å². The molecule has 1 aromatic carbocycles. The molecule has 1 spiro atoms. The van der Waals surface area contributed by atoms with Crippen molar-refractivity contribution in [1.29, 1.82) is 0 Å². The first-order valence-corrected chi connectivity index (χ1v) is 6.54. The molecule has 2 aromatic rings. The van der Waals surface area contributed by atoms with Gasteiger partial charge in [0.05, 0.1) is 23.8 Å². The number of benzene rings is 1. The lowest BCUT2D eigenvalue weighted by Crippen LogP contribution is -2.24. The third kappa shape index (κ3) is 1.10. The van der Waals surface area contributed by atoms with Crippen molar-refractivity contribution in [3.8, 4) is 0 Å². The lowest BCUT2D eigenvalue weighted by Gasteiger charge is -2.22. The van der Waals surface area contributed by atoms with Crippen LogP contribution in [0.4, 0.5) is 0 Å². The van der Waals surface area contributed by atoms with Crippen molar-refractivity contribution < 1.29 is 9.53 Å². The third-order valence-electron chi connectivity index (χ3n) is 3.73. The van der Waals surface area contributed by atoms with E-state index in [1.807, 2.05) is 22.8 Å². The Morgan fingerprint density at radius 2 is 2.33 bits per heavy atom. The zero-order valence-electron chi connectivity index (χ0n) is 9.39. The maximum atomic E-state index is 12.0. The number of ether oxygens (including phenoxy) is 1. The van der Waals surface area contributed by atoms with Gasteiger partial charge < -0.3 is 9.30 Å². The highest BCUT2D eigenvalue weighted by Crippen LogP contribution is 2.48. The summed E-state index contributed by atoms with van der Waals surface area (Å²) >= 11 is 3.39. The Hall–Kier alpha value is -1.62. The monoisotopic (exact) mass is 304 g/mol. The number of hydrogen-bond acceptors (Lipinski definition) is 3. The Bertz CT molecular complexity index is 679. The van der Waals surface area contributed by atoms with Crippen molar-refractivity contribution in [2.45, 2.75) is 18.6 Å².